The lowest BCUT2D eigenvalue weighted by Gasteiger charge is -2.40. The maximum Gasteiger partial charge on any atom is 0.327 e. The molecule has 2 fully saturated rings. The molecule has 1 aromatic carbocycles. The van der Waals surface area contributed by atoms with Crippen molar-refractivity contribution in [1.82, 2.24) is 29.5 Å². The number of imide groups is 1. The van der Waals surface area contributed by atoms with Gasteiger partial charge in [0.2, 0.25) is 0 Å². The molecular formula is C18H20N6O3. The van der Waals surface area contributed by atoms with Gasteiger partial charge in [-0.15, -0.1) is 10.2 Å². The van der Waals surface area contributed by atoms with Crippen LogP contribution in [0.1, 0.15) is 23.2 Å². The Balaban J connectivity index is 1.51. The highest BCUT2D eigenvalue weighted by Crippen LogP contribution is 2.35. The van der Waals surface area contributed by atoms with E-state index in [2.05, 4.69) is 10.2 Å². The second-order valence-corrected chi connectivity index (χ2v) is 6.95. The van der Waals surface area contributed by atoms with E-state index in [0.717, 1.165) is 5.69 Å². The van der Waals surface area contributed by atoms with Crippen molar-refractivity contribution in [2.45, 2.75) is 18.4 Å². The summed E-state index contributed by atoms with van der Waals surface area (Å²) in [4.78, 5) is 42.0. The number of nitrogens with zero attached hydrogens (tertiary/aromatic N) is 6. The fraction of sp³-hybridized carbons (Fsp3) is 0.389. The van der Waals surface area contributed by atoms with Gasteiger partial charge in [-0.1, -0.05) is 6.07 Å². The van der Waals surface area contributed by atoms with Crippen molar-refractivity contribution in [3.05, 3.63) is 42.5 Å². The van der Waals surface area contributed by atoms with E-state index in [9.17, 15) is 14.4 Å². The largest absolute Gasteiger partial charge is 0.338 e. The van der Waals surface area contributed by atoms with Crippen molar-refractivity contribution in [1.29, 1.82) is 0 Å². The molecule has 4 amide bonds. The molecule has 2 aliphatic heterocycles. The summed E-state index contributed by atoms with van der Waals surface area (Å²) in [6, 6.07) is 6.96. The fourth-order valence-electron chi connectivity index (χ4n) is 3.90. The first-order valence-corrected chi connectivity index (χ1v) is 8.74. The Bertz CT molecular complexity index is 902. The number of hydrogen-bond donors (Lipinski definition) is 0. The predicted octanol–water partition coefficient (Wildman–Crippen LogP) is 0.766. The minimum absolute atomic E-state index is 0.0902. The highest BCUT2D eigenvalue weighted by molar-refractivity contribution is 6.07. The first-order valence-electron chi connectivity index (χ1n) is 8.74. The van der Waals surface area contributed by atoms with Crippen LogP contribution in [0.15, 0.2) is 36.9 Å². The van der Waals surface area contributed by atoms with Gasteiger partial charge in [-0.25, -0.2) is 4.79 Å². The Kier molecular flexibility index (Phi) is 3.94. The highest BCUT2D eigenvalue weighted by atomic mass is 16.2. The molecule has 4 rings (SSSR count). The lowest BCUT2D eigenvalue weighted by Crippen LogP contribution is -2.56. The van der Waals surface area contributed by atoms with E-state index in [1.807, 2.05) is 12.1 Å². The zero-order valence-electron chi connectivity index (χ0n) is 15.2. The molecule has 1 aromatic heterocycles. The monoisotopic (exact) mass is 368 g/mol. The van der Waals surface area contributed by atoms with Gasteiger partial charge in [-0.2, -0.15) is 0 Å². The molecule has 1 spiro atoms. The van der Waals surface area contributed by atoms with Crippen LogP contribution in [0.4, 0.5) is 4.79 Å². The van der Waals surface area contributed by atoms with Crippen molar-refractivity contribution in [3.8, 4) is 5.69 Å². The van der Waals surface area contributed by atoms with Gasteiger partial charge < -0.3 is 9.80 Å². The third kappa shape index (κ3) is 2.57. The van der Waals surface area contributed by atoms with E-state index in [1.54, 1.807) is 41.3 Å². The van der Waals surface area contributed by atoms with Crippen LogP contribution < -0.4 is 0 Å². The first-order chi connectivity index (χ1) is 12.9. The summed E-state index contributed by atoms with van der Waals surface area (Å²) in [6.07, 6.45) is 4.02. The van der Waals surface area contributed by atoms with Crippen LogP contribution in [0.25, 0.3) is 5.69 Å². The van der Waals surface area contributed by atoms with Crippen LogP contribution in [-0.2, 0) is 4.79 Å². The lowest BCUT2D eigenvalue weighted by molar-refractivity contribution is -0.134. The Morgan fingerprint density at radius 2 is 1.74 bits per heavy atom. The average Bonchev–Trinajstić information content (AvgIpc) is 3.30. The third-order valence-electron chi connectivity index (χ3n) is 5.61. The number of likely N-dealkylation sites (N-methyl/N-ethyl adjacent to an activating group) is 2. The quantitative estimate of drug-likeness (QED) is 0.730. The van der Waals surface area contributed by atoms with E-state index in [4.69, 9.17) is 0 Å². The summed E-state index contributed by atoms with van der Waals surface area (Å²) in [6.45, 7) is 0.847. The number of benzene rings is 1. The number of likely N-dealkylation sites (tertiary alicyclic amines) is 1. The Labute approximate surface area is 156 Å². The molecule has 0 bridgehead atoms. The summed E-state index contributed by atoms with van der Waals surface area (Å²) in [5.41, 5.74) is 0.543. The maximum atomic E-state index is 12.9. The van der Waals surface area contributed by atoms with Crippen LogP contribution >= 0.6 is 0 Å². The molecule has 0 atom stereocenters. The van der Waals surface area contributed by atoms with Crippen molar-refractivity contribution in [2.75, 3.05) is 27.2 Å². The minimum atomic E-state index is -0.826. The second-order valence-electron chi connectivity index (χ2n) is 6.95. The standard InChI is InChI=1S/C18H20N6O3/c1-21-16(26)18(22(2)17(21)27)6-8-23(9-7-18)15(25)13-4-3-5-14(10-13)24-11-19-20-12-24/h3-5,10-12H,6-9H2,1-2H3. The number of aromatic nitrogens is 3. The Morgan fingerprint density at radius 1 is 1.07 bits per heavy atom. The molecule has 0 N–H and O–H groups in total. The van der Waals surface area contributed by atoms with E-state index in [1.165, 1.54) is 16.8 Å². The van der Waals surface area contributed by atoms with Crippen LogP contribution in [0.2, 0.25) is 0 Å². The molecule has 0 radical (unpaired) electrons. The summed E-state index contributed by atoms with van der Waals surface area (Å²) in [5, 5.41) is 7.56. The average molecular weight is 368 g/mol. The maximum absolute atomic E-state index is 12.9. The molecule has 9 nitrogen and oxygen atoms in total. The van der Waals surface area contributed by atoms with E-state index < -0.39 is 5.54 Å². The molecule has 2 saturated heterocycles. The van der Waals surface area contributed by atoms with E-state index >= 15 is 0 Å². The van der Waals surface area contributed by atoms with Gasteiger partial charge in [0.05, 0.1) is 0 Å². The zero-order valence-corrected chi connectivity index (χ0v) is 15.2. The van der Waals surface area contributed by atoms with Crippen molar-refractivity contribution >= 4 is 17.8 Å². The minimum Gasteiger partial charge on any atom is -0.338 e. The van der Waals surface area contributed by atoms with Gasteiger partial charge in [-0.05, 0) is 31.0 Å². The number of urea groups is 1. The second kappa shape index (κ2) is 6.19. The molecule has 27 heavy (non-hydrogen) atoms. The summed E-state index contributed by atoms with van der Waals surface area (Å²) in [7, 11) is 3.16. The first kappa shape index (κ1) is 17.2. The fourth-order valence-corrected chi connectivity index (χ4v) is 3.90. The summed E-state index contributed by atoms with van der Waals surface area (Å²) in [5.74, 6) is -0.274. The summed E-state index contributed by atoms with van der Waals surface area (Å²) >= 11 is 0. The van der Waals surface area contributed by atoms with Crippen molar-refractivity contribution in [3.63, 3.8) is 0 Å². The predicted molar refractivity (Wildman–Crippen MR) is 95.2 cm³/mol. The lowest BCUT2D eigenvalue weighted by atomic mass is 9.86. The summed E-state index contributed by atoms with van der Waals surface area (Å²) < 4.78 is 1.73. The van der Waals surface area contributed by atoms with Crippen molar-refractivity contribution in [2.24, 2.45) is 0 Å². The molecule has 0 saturated carbocycles. The molecule has 140 valence electrons. The van der Waals surface area contributed by atoms with Gasteiger partial charge in [-0.3, -0.25) is 19.1 Å². The normalized spacial score (nSPS) is 19.3. The number of carbonyl (C=O) groups is 3. The molecule has 3 heterocycles. The zero-order chi connectivity index (χ0) is 19.2. The molecular weight excluding hydrogens is 348 g/mol. The topological polar surface area (TPSA) is 91.6 Å². The van der Waals surface area contributed by atoms with Crippen LogP contribution in [0.5, 0.6) is 0 Å². The number of hydrogen-bond acceptors (Lipinski definition) is 5. The Hall–Kier alpha value is -3.23. The van der Waals surface area contributed by atoms with Crippen LogP contribution in [0.3, 0.4) is 0 Å². The Morgan fingerprint density at radius 3 is 2.33 bits per heavy atom. The van der Waals surface area contributed by atoms with Gasteiger partial charge in [0.1, 0.15) is 18.2 Å². The number of carbonyl (C=O) groups excluding carboxylic acids is 3. The van der Waals surface area contributed by atoms with Crippen LogP contribution in [0, 0.1) is 0 Å². The van der Waals surface area contributed by atoms with Crippen LogP contribution in [-0.4, -0.2) is 80.0 Å². The third-order valence-corrected chi connectivity index (χ3v) is 5.61. The smallest absolute Gasteiger partial charge is 0.327 e. The molecule has 2 aliphatic rings. The van der Waals surface area contributed by atoms with E-state index in [-0.39, 0.29) is 17.8 Å². The number of rotatable bonds is 2. The van der Waals surface area contributed by atoms with Gasteiger partial charge in [0.15, 0.2) is 0 Å². The van der Waals surface area contributed by atoms with E-state index in [0.29, 0.717) is 31.5 Å². The number of piperidine rings is 1. The van der Waals surface area contributed by atoms with Crippen molar-refractivity contribution < 1.29 is 14.4 Å². The SMILES string of the molecule is CN1C(=O)N(C)C2(CCN(C(=O)c3cccc(-n4cnnc4)c3)CC2)C1=O. The van der Waals surface area contributed by atoms with Gasteiger partial charge >= 0.3 is 6.03 Å². The molecule has 2 aromatic rings. The highest BCUT2D eigenvalue weighted by Gasteiger charge is 2.55. The molecule has 9 heteroatoms. The van der Waals surface area contributed by atoms with Gasteiger partial charge in [0.25, 0.3) is 11.8 Å². The molecule has 0 unspecified atom stereocenters. The number of amides is 4. The van der Waals surface area contributed by atoms with Gasteiger partial charge in [0, 0.05) is 38.4 Å². The molecule has 0 aliphatic carbocycles.